The molecule has 13 heteroatoms. The summed E-state index contributed by atoms with van der Waals surface area (Å²) in [6, 6.07) is 19.1. The van der Waals surface area contributed by atoms with Gasteiger partial charge in [-0.3, -0.25) is 9.69 Å². The molecule has 0 radical (unpaired) electrons. The van der Waals surface area contributed by atoms with Crippen LogP contribution in [-0.2, 0) is 31.8 Å². The molecule has 2 bridgehead atoms. The Kier molecular flexibility index (Phi) is 10.1. The Morgan fingerprint density at radius 3 is 2.34 bits per heavy atom. The number of aromatic nitrogens is 4. The summed E-state index contributed by atoms with van der Waals surface area (Å²) < 4.78 is 16.3. The van der Waals surface area contributed by atoms with Crippen molar-refractivity contribution in [2.45, 2.75) is 108 Å². The molecule has 1 saturated carbocycles. The number of alkyl carbamates (subject to hydrolysis) is 1. The van der Waals surface area contributed by atoms with Gasteiger partial charge in [0, 0.05) is 25.8 Å². The topological polar surface area (TPSA) is 155 Å². The number of aromatic amines is 2. The van der Waals surface area contributed by atoms with E-state index in [1.807, 2.05) is 36.8 Å². The number of likely N-dealkylation sites (tertiary alicyclic amines) is 2. The second kappa shape index (κ2) is 15.6. The molecule has 318 valence electrons. The fourth-order valence-electron chi connectivity index (χ4n) is 10.8. The van der Waals surface area contributed by atoms with E-state index < -0.39 is 17.7 Å². The van der Waals surface area contributed by atoms with Crippen molar-refractivity contribution in [1.29, 1.82) is 0 Å². The minimum absolute atomic E-state index is 0.0149. The molecule has 3 aromatic carbocycles. The van der Waals surface area contributed by atoms with Gasteiger partial charge in [-0.2, -0.15) is 0 Å². The van der Waals surface area contributed by atoms with Crippen LogP contribution in [0.15, 0.2) is 60.8 Å². The first-order chi connectivity index (χ1) is 29.5. The van der Waals surface area contributed by atoms with E-state index in [2.05, 4.69) is 69.9 Å². The number of carbonyl (C=O) groups excluding carboxylic acids is 3. The van der Waals surface area contributed by atoms with E-state index in [9.17, 15) is 14.4 Å². The zero-order valence-corrected chi connectivity index (χ0v) is 35.5. The largest absolute Gasteiger partial charge is 0.453 e. The van der Waals surface area contributed by atoms with Crippen molar-refractivity contribution < 1.29 is 28.6 Å². The molecule has 61 heavy (non-hydrogen) atoms. The van der Waals surface area contributed by atoms with Gasteiger partial charge >= 0.3 is 12.2 Å². The molecule has 5 atom stereocenters. The van der Waals surface area contributed by atoms with Crippen LogP contribution in [0.1, 0.15) is 101 Å². The van der Waals surface area contributed by atoms with Crippen LogP contribution in [0.5, 0.6) is 0 Å². The highest BCUT2D eigenvalue weighted by Crippen LogP contribution is 2.50. The van der Waals surface area contributed by atoms with Crippen LogP contribution in [0.25, 0.3) is 44.5 Å². The van der Waals surface area contributed by atoms with Crippen LogP contribution in [0.4, 0.5) is 9.59 Å². The summed E-state index contributed by atoms with van der Waals surface area (Å²) in [7, 11) is 1.32. The van der Waals surface area contributed by atoms with Crippen LogP contribution in [0.2, 0.25) is 0 Å². The van der Waals surface area contributed by atoms with Crippen LogP contribution < -0.4 is 5.32 Å². The van der Waals surface area contributed by atoms with E-state index in [1.165, 1.54) is 29.4 Å². The summed E-state index contributed by atoms with van der Waals surface area (Å²) in [5.41, 5.74) is 10.7. The number of piperidine rings is 1. The first kappa shape index (κ1) is 39.4. The fourth-order valence-corrected chi connectivity index (χ4v) is 10.8. The first-order valence-electron chi connectivity index (χ1n) is 22.1. The lowest BCUT2D eigenvalue weighted by atomic mass is 9.83. The van der Waals surface area contributed by atoms with Crippen molar-refractivity contribution in [2.75, 3.05) is 26.9 Å². The fraction of sp³-hybridized carbons (Fsp3) is 0.479. The van der Waals surface area contributed by atoms with Crippen molar-refractivity contribution in [3.63, 3.8) is 0 Å². The molecule has 4 fully saturated rings. The highest BCUT2D eigenvalue weighted by Gasteiger charge is 2.51. The van der Waals surface area contributed by atoms with E-state index in [0.29, 0.717) is 38.5 Å². The lowest BCUT2D eigenvalue weighted by Gasteiger charge is -2.35. The molecule has 3 aliphatic heterocycles. The van der Waals surface area contributed by atoms with Gasteiger partial charge in [0.25, 0.3) is 0 Å². The number of carbonyl (C=O) groups is 3. The summed E-state index contributed by atoms with van der Waals surface area (Å²) in [5, 5.41) is 2.84. The number of imidazole rings is 2. The summed E-state index contributed by atoms with van der Waals surface area (Å²) in [6.45, 7) is 7.50. The molecular weight excluding hydrogens is 771 g/mol. The lowest BCUT2D eigenvalue weighted by Crippen LogP contribution is -2.53. The first-order valence-corrected chi connectivity index (χ1v) is 22.1. The van der Waals surface area contributed by atoms with Crippen molar-refractivity contribution in [1.82, 2.24) is 35.1 Å². The van der Waals surface area contributed by atoms with Crippen LogP contribution >= 0.6 is 0 Å². The van der Waals surface area contributed by atoms with Crippen LogP contribution in [0, 0.1) is 11.8 Å². The number of hydrogen-bond donors (Lipinski definition) is 3. The second-order valence-electron chi connectivity index (χ2n) is 18.6. The van der Waals surface area contributed by atoms with Crippen molar-refractivity contribution >= 4 is 29.1 Å². The number of nitrogens with one attached hydrogen (secondary N) is 3. The highest BCUT2D eigenvalue weighted by atomic mass is 16.6. The van der Waals surface area contributed by atoms with Gasteiger partial charge in [-0.1, -0.05) is 36.4 Å². The summed E-state index contributed by atoms with van der Waals surface area (Å²) >= 11 is 0. The van der Waals surface area contributed by atoms with Gasteiger partial charge in [0.05, 0.1) is 42.1 Å². The smallest absolute Gasteiger partial charge is 0.411 e. The van der Waals surface area contributed by atoms with Gasteiger partial charge in [0.2, 0.25) is 5.91 Å². The van der Waals surface area contributed by atoms with E-state index in [4.69, 9.17) is 24.2 Å². The predicted molar refractivity (Wildman–Crippen MR) is 230 cm³/mol. The Hall–Kier alpha value is -5.69. The molecule has 2 aliphatic carbocycles. The van der Waals surface area contributed by atoms with E-state index in [1.54, 1.807) is 0 Å². The number of H-pyrrole nitrogens is 2. The van der Waals surface area contributed by atoms with Gasteiger partial charge in [-0.05, 0) is 148 Å². The van der Waals surface area contributed by atoms with Crippen molar-refractivity contribution in [3.8, 4) is 33.5 Å². The quantitative estimate of drug-likeness (QED) is 0.147. The summed E-state index contributed by atoms with van der Waals surface area (Å²) in [4.78, 5) is 60.6. The van der Waals surface area contributed by atoms with Crippen molar-refractivity contribution in [3.05, 3.63) is 83.6 Å². The third kappa shape index (κ3) is 7.44. The lowest BCUT2D eigenvalue weighted by molar-refractivity contribution is -0.136. The Balaban J connectivity index is 0.854. The molecule has 5 aliphatic rings. The number of amides is 3. The van der Waals surface area contributed by atoms with E-state index >= 15 is 0 Å². The zero-order chi connectivity index (χ0) is 42.0. The maximum absolute atomic E-state index is 14.1. The number of nitrogens with zero attached hydrogens (tertiary/aromatic N) is 4. The predicted octanol–water partition coefficient (Wildman–Crippen LogP) is 8.66. The SMILES string of the molecule is COC(=O)NC(C(=O)N1CCCC1c1ncc(-c2ccc3c(c2)CCc2cc(-c4ccc5nc([C@@H]6[C@H]7CC[C@H](C7)N6C(=O)OC(C)(C)C)[nH]c5c4)ccc2-3)[nH]1)C1CCOCC1. The van der Waals surface area contributed by atoms with Gasteiger partial charge in [0.15, 0.2) is 0 Å². The maximum atomic E-state index is 14.1. The minimum atomic E-state index is -0.670. The molecular formula is C48H55N7O6. The summed E-state index contributed by atoms with van der Waals surface area (Å²) in [5.74, 6) is 1.88. The van der Waals surface area contributed by atoms with Gasteiger partial charge in [0.1, 0.15) is 23.3 Å². The summed E-state index contributed by atoms with van der Waals surface area (Å²) in [6.07, 6.45) is 9.07. The zero-order valence-electron chi connectivity index (χ0n) is 35.5. The molecule has 0 spiro atoms. The Labute approximate surface area is 355 Å². The highest BCUT2D eigenvalue weighted by molar-refractivity contribution is 5.87. The molecule has 10 rings (SSSR count). The number of rotatable bonds is 7. The number of benzene rings is 3. The van der Waals surface area contributed by atoms with Crippen LogP contribution in [0.3, 0.4) is 0 Å². The van der Waals surface area contributed by atoms with Gasteiger partial charge < -0.3 is 34.4 Å². The minimum Gasteiger partial charge on any atom is -0.453 e. The monoisotopic (exact) mass is 825 g/mol. The molecule has 2 unspecified atom stereocenters. The molecule has 5 aromatic rings. The molecule has 2 aromatic heterocycles. The average molecular weight is 826 g/mol. The normalized spacial score (nSPS) is 22.9. The van der Waals surface area contributed by atoms with E-state index in [0.717, 1.165) is 90.0 Å². The molecule has 3 saturated heterocycles. The molecule has 5 heterocycles. The maximum Gasteiger partial charge on any atom is 0.411 e. The molecule has 3 amide bonds. The second-order valence-corrected chi connectivity index (χ2v) is 18.6. The molecule has 3 N–H and O–H groups in total. The van der Waals surface area contributed by atoms with Gasteiger partial charge in [-0.15, -0.1) is 0 Å². The Morgan fingerprint density at radius 1 is 0.869 bits per heavy atom. The number of methoxy groups -OCH3 is 1. The van der Waals surface area contributed by atoms with E-state index in [-0.39, 0.29) is 36.0 Å². The third-order valence-corrected chi connectivity index (χ3v) is 13.7. The third-order valence-electron chi connectivity index (χ3n) is 13.7. The Morgan fingerprint density at radius 2 is 1.59 bits per heavy atom. The average Bonchev–Trinajstić information content (AvgIpc) is 4.12. The number of hydrogen-bond acceptors (Lipinski definition) is 8. The number of fused-ring (bicyclic) bond motifs is 6. The van der Waals surface area contributed by atoms with Crippen LogP contribution in [-0.4, -0.2) is 92.4 Å². The standard InChI is InChI=1S/C48H55N7O6/c1-48(2,3)61-47(58)55-34-13-9-33(24-34)42(55)44-50-37-16-12-29(25-38(37)51-44)28-10-14-35-30(22-28)7-8-31-23-32(11-15-36(31)35)39-26-49-43(52-39)40-6-5-19-54(40)45(56)41(53-46(57)59-4)27-17-20-60-21-18-27/h10-12,14-16,22-23,25-27,33-34,40-42H,5-9,13,17-21,24H2,1-4H3,(H,49,52)(H,50,51)(H,53,57)/t33-,34+,40?,41?,42-/m0/s1. The van der Waals surface area contributed by atoms with Gasteiger partial charge in [-0.25, -0.2) is 19.6 Å². The number of ether oxygens (including phenoxy) is 3. The Bertz CT molecular complexity index is 2500. The molecule has 13 nitrogen and oxygen atoms in total. The number of aryl methyl sites for hydroxylation is 2. The van der Waals surface area contributed by atoms with Crippen molar-refractivity contribution in [2.24, 2.45) is 11.8 Å².